The van der Waals surface area contributed by atoms with Crippen LogP contribution in [0.15, 0.2) is 24.3 Å². The third kappa shape index (κ3) is 4.15. The van der Waals surface area contributed by atoms with Gasteiger partial charge in [-0.3, -0.25) is 9.59 Å². The molecule has 2 amide bonds. The van der Waals surface area contributed by atoms with Gasteiger partial charge in [-0.2, -0.15) is 0 Å². The molecule has 168 valence electrons. The minimum Gasteiger partial charge on any atom is -0.351 e. The van der Waals surface area contributed by atoms with E-state index in [-0.39, 0.29) is 16.9 Å². The van der Waals surface area contributed by atoms with E-state index in [1.165, 1.54) is 24.0 Å². The zero-order valence-electron chi connectivity index (χ0n) is 19.3. The molecule has 5 aliphatic rings. The molecule has 1 aromatic carbocycles. The van der Waals surface area contributed by atoms with Gasteiger partial charge < -0.3 is 10.2 Å². The van der Waals surface area contributed by atoms with Gasteiger partial charge in [0.25, 0.3) is 0 Å². The predicted molar refractivity (Wildman–Crippen MR) is 122 cm³/mol. The van der Waals surface area contributed by atoms with Crippen LogP contribution in [0.3, 0.4) is 0 Å². The lowest BCUT2D eigenvalue weighted by atomic mass is 9.46. The van der Waals surface area contributed by atoms with Crippen molar-refractivity contribution in [2.45, 2.75) is 83.6 Å². The minimum absolute atomic E-state index is 0.0685. The lowest BCUT2D eigenvalue weighted by Gasteiger charge is -2.62. The largest absolute Gasteiger partial charge is 0.351 e. The standard InChI is InChI=1S/C27H38N2O2/c1-19-3-5-21(6-4-19)7-8-22-9-11-29(12-10-22)25(31)26-14-23-13-24(15-26)17-27(16-23,18-26)28-20(2)30/h3-6,22-24H,7-18H2,1-2H3,(H,28,30). The summed E-state index contributed by atoms with van der Waals surface area (Å²) in [5.41, 5.74) is 2.43. The van der Waals surface area contributed by atoms with Crippen molar-refractivity contribution >= 4 is 11.8 Å². The quantitative estimate of drug-likeness (QED) is 0.751. The summed E-state index contributed by atoms with van der Waals surface area (Å²) in [5, 5.41) is 3.30. The molecule has 1 aliphatic heterocycles. The zero-order valence-corrected chi connectivity index (χ0v) is 19.3. The van der Waals surface area contributed by atoms with E-state index in [2.05, 4.69) is 41.4 Å². The van der Waals surface area contributed by atoms with Crippen LogP contribution in [0.1, 0.15) is 75.8 Å². The maximum atomic E-state index is 13.8. The Balaban J connectivity index is 1.19. The molecule has 1 aromatic rings. The predicted octanol–water partition coefficient (Wildman–Crippen LogP) is 4.64. The van der Waals surface area contributed by atoms with E-state index < -0.39 is 0 Å². The first-order valence-electron chi connectivity index (χ1n) is 12.5. The maximum Gasteiger partial charge on any atom is 0.228 e. The molecule has 0 spiro atoms. The molecule has 1 saturated heterocycles. The van der Waals surface area contributed by atoms with Gasteiger partial charge in [0.2, 0.25) is 11.8 Å². The fraction of sp³-hybridized carbons (Fsp3) is 0.704. The highest BCUT2D eigenvalue weighted by molar-refractivity contribution is 5.84. The number of nitrogens with zero attached hydrogens (tertiary/aromatic N) is 1. The number of amides is 2. The first kappa shape index (κ1) is 21.0. The van der Waals surface area contributed by atoms with Crippen molar-refractivity contribution in [1.82, 2.24) is 10.2 Å². The average molecular weight is 423 g/mol. The van der Waals surface area contributed by atoms with Gasteiger partial charge in [-0.1, -0.05) is 29.8 Å². The number of likely N-dealkylation sites (tertiary alicyclic amines) is 1. The molecule has 0 radical (unpaired) electrons. The SMILES string of the molecule is CC(=O)NC12CC3CC(C1)CC(C(=O)N1CCC(CCc4ccc(C)cc4)CC1)(C3)C2. The Morgan fingerprint density at radius 3 is 2.29 bits per heavy atom. The van der Waals surface area contributed by atoms with Crippen LogP contribution in [0.5, 0.6) is 0 Å². The summed E-state index contributed by atoms with van der Waals surface area (Å²) in [6, 6.07) is 8.92. The maximum absolute atomic E-state index is 13.8. The number of nitrogens with one attached hydrogen (secondary N) is 1. The Labute approximate surface area is 187 Å². The molecule has 4 saturated carbocycles. The van der Waals surface area contributed by atoms with E-state index >= 15 is 0 Å². The molecule has 0 aromatic heterocycles. The second kappa shape index (κ2) is 7.94. The molecule has 4 heteroatoms. The molecule has 31 heavy (non-hydrogen) atoms. The first-order valence-corrected chi connectivity index (χ1v) is 12.5. The van der Waals surface area contributed by atoms with E-state index in [1.54, 1.807) is 6.92 Å². The monoisotopic (exact) mass is 422 g/mol. The van der Waals surface area contributed by atoms with Crippen molar-refractivity contribution in [3.63, 3.8) is 0 Å². The van der Waals surface area contributed by atoms with Gasteiger partial charge in [0, 0.05) is 25.6 Å². The molecule has 2 atom stereocenters. The van der Waals surface area contributed by atoms with E-state index in [1.807, 2.05) is 0 Å². The number of rotatable bonds is 5. The van der Waals surface area contributed by atoms with Crippen molar-refractivity contribution in [2.75, 3.05) is 13.1 Å². The molecule has 4 aliphatic carbocycles. The van der Waals surface area contributed by atoms with Crippen molar-refractivity contribution < 1.29 is 9.59 Å². The highest BCUT2D eigenvalue weighted by atomic mass is 16.2. The van der Waals surface area contributed by atoms with Gasteiger partial charge in [-0.25, -0.2) is 0 Å². The van der Waals surface area contributed by atoms with Gasteiger partial charge in [-0.15, -0.1) is 0 Å². The van der Waals surface area contributed by atoms with Crippen molar-refractivity contribution in [1.29, 1.82) is 0 Å². The van der Waals surface area contributed by atoms with Crippen LogP contribution >= 0.6 is 0 Å². The second-order valence-electron chi connectivity index (χ2n) is 11.5. The van der Waals surface area contributed by atoms with Crippen molar-refractivity contribution in [3.05, 3.63) is 35.4 Å². The molecule has 4 bridgehead atoms. The zero-order chi connectivity index (χ0) is 21.6. The van der Waals surface area contributed by atoms with E-state index in [9.17, 15) is 9.59 Å². The van der Waals surface area contributed by atoms with Crippen LogP contribution in [0.2, 0.25) is 0 Å². The average Bonchev–Trinajstić information content (AvgIpc) is 2.71. The van der Waals surface area contributed by atoms with Crippen LogP contribution in [0, 0.1) is 30.1 Å². The molecular formula is C27H38N2O2. The van der Waals surface area contributed by atoms with E-state index in [0.717, 1.165) is 70.4 Å². The van der Waals surface area contributed by atoms with Gasteiger partial charge in [0.05, 0.1) is 5.41 Å². The van der Waals surface area contributed by atoms with Gasteiger partial charge in [0.15, 0.2) is 0 Å². The smallest absolute Gasteiger partial charge is 0.228 e. The molecular weight excluding hydrogens is 384 g/mol. The Kier molecular flexibility index (Phi) is 5.38. The topological polar surface area (TPSA) is 49.4 Å². The van der Waals surface area contributed by atoms with Crippen LogP contribution in [0.4, 0.5) is 0 Å². The van der Waals surface area contributed by atoms with Crippen molar-refractivity contribution in [2.24, 2.45) is 23.2 Å². The Morgan fingerprint density at radius 1 is 1.03 bits per heavy atom. The van der Waals surface area contributed by atoms with E-state index in [0.29, 0.717) is 17.7 Å². The van der Waals surface area contributed by atoms with Crippen molar-refractivity contribution in [3.8, 4) is 0 Å². The molecule has 1 N–H and O–H groups in total. The number of hydrogen-bond acceptors (Lipinski definition) is 2. The lowest BCUT2D eigenvalue weighted by Crippen LogP contribution is -2.66. The fourth-order valence-corrected chi connectivity index (χ4v) is 7.92. The molecule has 2 unspecified atom stereocenters. The number of carbonyl (C=O) groups is 2. The number of aryl methyl sites for hydroxylation is 2. The number of benzene rings is 1. The summed E-state index contributed by atoms with van der Waals surface area (Å²) in [6.45, 7) is 5.61. The fourth-order valence-electron chi connectivity index (χ4n) is 7.92. The summed E-state index contributed by atoms with van der Waals surface area (Å²) in [6.07, 6.45) is 11.1. The first-order chi connectivity index (χ1) is 14.8. The Hall–Kier alpha value is -1.84. The van der Waals surface area contributed by atoms with Crippen LogP contribution in [-0.2, 0) is 16.0 Å². The van der Waals surface area contributed by atoms with Crippen LogP contribution < -0.4 is 5.32 Å². The van der Waals surface area contributed by atoms with Crippen LogP contribution in [-0.4, -0.2) is 35.3 Å². The minimum atomic E-state index is -0.207. The molecule has 5 fully saturated rings. The molecule has 6 rings (SSSR count). The summed E-state index contributed by atoms with van der Waals surface area (Å²) < 4.78 is 0. The number of piperidine rings is 1. The lowest BCUT2D eigenvalue weighted by molar-refractivity contribution is -0.164. The normalized spacial score (nSPS) is 34.7. The van der Waals surface area contributed by atoms with Gasteiger partial charge >= 0.3 is 0 Å². The van der Waals surface area contributed by atoms with E-state index in [4.69, 9.17) is 0 Å². The highest BCUT2D eigenvalue weighted by Crippen LogP contribution is 2.62. The highest BCUT2D eigenvalue weighted by Gasteiger charge is 2.61. The van der Waals surface area contributed by atoms with Gasteiger partial charge in [-0.05, 0) is 94.4 Å². The second-order valence-corrected chi connectivity index (χ2v) is 11.5. The summed E-state index contributed by atoms with van der Waals surface area (Å²) in [5.74, 6) is 2.44. The summed E-state index contributed by atoms with van der Waals surface area (Å²) in [4.78, 5) is 27.9. The molecule has 1 heterocycles. The Morgan fingerprint density at radius 2 is 1.68 bits per heavy atom. The summed E-state index contributed by atoms with van der Waals surface area (Å²) >= 11 is 0. The number of carbonyl (C=O) groups excluding carboxylic acids is 2. The third-order valence-electron chi connectivity index (χ3n) is 8.82. The number of hydrogen-bond donors (Lipinski definition) is 1. The van der Waals surface area contributed by atoms with Crippen LogP contribution in [0.25, 0.3) is 0 Å². The van der Waals surface area contributed by atoms with Gasteiger partial charge in [0.1, 0.15) is 0 Å². The molecule has 4 nitrogen and oxygen atoms in total. The summed E-state index contributed by atoms with van der Waals surface area (Å²) in [7, 11) is 0. The third-order valence-corrected chi connectivity index (χ3v) is 8.82. The Bertz CT molecular complexity index is 823.